The van der Waals surface area contributed by atoms with Gasteiger partial charge in [0.1, 0.15) is 17.5 Å². The minimum absolute atomic E-state index is 0.0398. The summed E-state index contributed by atoms with van der Waals surface area (Å²) in [5.41, 5.74) is 7.12. The molecule has 1 atom stereocenters. The summed E-state index contributed by atoms with van der Waals surface area (Å²) in [6, 6.07) is 6.64. The van der Waals surface area contributed by atoms with Gasteiger partial charge in [-0.05, 0) is 51.1 Å². The molecule has 4 N–H and O–H groups in total. The van der Waals surface area contributed by atoms with Gasteiger partial charge in [0.15, 0.2) is 5.76 Å². The van der Waals surface area contributed by atoms with Crippen LogP contribution in [-0.4, -0.2) is 47.9 Å². The van der Waals surface area contributed by atoms with E-state index in [1.54, 1.807) is 32.9 Å². The van der Waals surface area contributed by atoms with Crippen LogP contribution in [-0.2, 0) is 31.8 Å². The Balaban J connectivity index is 1.88. The number of hydrogen-bond donors (Lipinski definition) is 3. The van der Waals surface area contributed by atoms with Crippen LogP contribution in [0, 0.1) is 5.82 Å². The molecular weight excluding hydrogens is 525 g/mol. The molecule has 0 aliphatic rings. The van der Waals surface area contributed by atoms with Crippen LogP contribution in [0.3, 0.4) is 0 Å². The number of ether oxygens (including phenoxy) is 3. The molecule has 12 nitrogen and oxygen atoms in total. The Morgan fingerprint density at radius 3 is 2.50 bits per heavy atom. The Morgan fingerprint density at radius 1 is 1.10 bits per heavy atom. The van der Waals surface area contributed by atoms with Crippen LogP contribution in [0.5, 0.6) is 0 Å². The number of carbonyl (C=O) groups is 3. The molecule has 0 bridgehead atoms. The Bertz CT molecular complexity index is 1370. The maximum absolute atomic E-state index is 14.4. The molecule has 0 aliphatic heterocycles. The van der Waals surface area contributed by atoms with Crippen molar-refractivity contribution < 1.29 is 37.4 Å². The van der Waals surface area contributed by atoms with Crippen molar-refractivity contribution in [3.05, 3.63) is 59.6 Å². The highest BCUT2D eigenvalue weighted by molar-refractivity contribution is 5.87. The fourth-order valence-corrected chi connectivity index (χ4v) is 3.61. The molecule has 0 spiro atoms. The van der Waals surface area contributed by atoms with Gasteiger partial charge in [0.05, 0.1) is 32.5 Å². The van der Waals surface area contributed by atoms with Gasteiger partial charge in [-0.1, -0.05) is 0 Å². The smallest absolute Gasteiger partial charge is 0.411 e. The minimum Gasteiger partial charge on any atom is -0.469 e. The van der Waals surface area contributed by atoms with Crippen molar-refractivity contribution >= 4 is 29.5 Å². The van der Waals surface area contributed by atoms with Crippen LogP contribution in [0.4, 0.5) is 25.4 Å². The lowest BCUT2D eigenvalue weighted by Crippen LogP contribution is -2.36. The quantitative estimate of drug-likeness (QED) is 0.193. The zero-order valence-corrected chi connectivity index (χ0v) is 22.9. The average molecular weight is 558 g/mol. The number of pyridine rings is 1. The van der Waals surface area contributed by atoms with Gasteiger partial charge < -0.3 is 29.7 Å². The third-order valence-electron chi connectivity index (χ3n) is 5.44. The van der Waals surface area contributed by atoms with Crippen molar-refractivity contribution in [3.63, 3.8) is 0 Å². The van der Waals surface area contributed by atoms with Crippen LogP contribution in [0.2, 0.25) is 0 Å². The first-order valence-electron chi connectivity index (χ1n) is 12.3. The first-order chi connectivity index (χ1) is 18.9. The number of nitrogen functional groups attached to an aromatic ring is 1. The standard InChI is InChI=1S/C27H32FN5O7/c1-27(2,3)40-26(36)33-21(13-16-7-9-18(28)20(31-16)10-11-23(34)37-4)24-30-14-22(39-24)17-8-6-15(12-19(17)29)32-25(35)38-5/h6-9,12,14,21H,10-11,13,29H2,1-5H3,(H,32,35)(H,33,36). The largest absolute Gasteiger partial charge is 0.469 e. The summed E-state index contributed by atoms with van der Waals surface area (Å²) >= 11 is 0. The molecule has 0 aliphatic carbocycles. The molecule has 214 valence electrons. The molecule has 40 heavy (non-hydrogen) atoms. The van der Waals surface area contributed by atoms with E-state index in [9.17, 15) is 18.8 Å². The number of esters is 1. The van der Waals surface area contributed by atoms with E-state index in [2.05, 4.69) is 30.1 Å². The summed E-state index contributed by atoms with van der Waals surface area (Å²) in [6.07, 6.45) is 0.151. The molecule has 3 aromatic rings. The zero-order valence-electron chi connectivity index (χ0n) is 22.9. The number of alkyl carbamates (subject to hydrolysis) is 1. The Hall–Kier alpha value is -4.68. The summed E-state index contributed by atoms with van der Waals surface area (Å²) in [6.45, 7) is 5.17. The number of nitrogens with one attached hydrogen (secondary N) is 2. The van der Waals surface area contributed by atoms with E-state index in [-0.39, 0.29) is 30.8 Å². The number of aromatic nitrogens is 2. The van der Waals surface area contributed by atoms with Gasteiger partial charge >= 0.3 is 18.2 Å². The molecule has 2 heterocycles. The second-order valence-electron chi connectivity index (χ2n) is 9.69. The van der Waals surface area contributed by atoms with Crippen molar-refractivity contribution in [3.8, 4) is 11.3 Å². The van der Waals surface area contributed by atoms with E-state index in [1.165, 1.54) is 38.6 Å². The van der Waals surface area contributed by atoms with Crippen molar-refractivity contribution in [2.45, 2.75) is 51.7 Å². The van der Waals surface area contributed by atoms with Crippen LogP contribution in [0.1, 0.15) is 50.5 Å². The van der Waals surface area contributed by atoms with Crippen molar-refractivity contribution in [1.29, 1.82) is 0 Å². The molecular formula is C27H32FN5O7. The number of methoxy groups -OCH3 is 2. The van der Waals surface area contributed by atoms with E-state index in [0.29, 0.717) is 28.4 Å². The second-order valence-corrected chi connectivity index (χ2v) is 9.69. The number of nitrogens with zero attached hydrogens (tertiary/aromatic N) is 2. The van der Waals surface area contributed by atoms with E-state index in [0.717, 1.165) is 0 Å². The maximum Gasteiger partial charge on any atom is 0.411 e. The number of carbonyl (C=O) groups excluding carboxylic acids is 3. The summed E-state index contributed by atoms with van der Waals surface area (Å²) in [4.78, 5) is 44.3. The van der Waals surface area contributed by atoms with E-state index in [4.69, 9.17) is 14.9 Å². The fourth-order valence-electron chi connectivity index (χ4n) is 3.61. The normalized spacial score (nSPS) is 11.8. The lowest BCUT2D eigenvalue weighted by atomic mass is 10.1. The molecule has 1 unspecified atom stereocenters. The van der Waals surface area contributed by atoms with Crippen molar-refractivity contribution in [2.24, 2.45) is 0 Å². The van der Waals surface area contributed by atoms with Gasteiger partial charge in [-0.2, -0.15) is 0 Å². The number of aryl methyl sites for hydroxylation is 1. The van der Waals surface area contributed by atoms with Crippen molar-refractivity contribution in [1.82, 2.24) is 15.3 Å². The number of benzene rings is 1. The molecule has 0 saturated carbocycles. The Morgan fingerprint density at radius 2 is 1.85 bits per heavy atom. The Kier molecular flexibility index (Phi) is 9.64. The summed E-state index contributed by atoms with van der Waals surface area (Å²) in [7, 11) is 2.50. The second kappa shape index (κ2) is 12.9. The molecule has 0 radical (unpaired) electrons. The third kappa shape index (κ3) is 8.41. The number of hydrogen-bond acceptors (Lipinski definition) is 10. The molecule has 2 aromatic heterocycles. The number of halogens is 1. The van der Waals surface area contributed by atoms with E-state index >= 15 is 0 Å². The van der Waals surface area contributed by atoms with Crippen LogP contribution in [0.15, 0.2) is 40.9 Å². The van der Waals surface area contributed by atoms with Gasteiger partial charge in [-0.25, -0.2) is 19.0 Å². The van der Waals surface area contributed by atoms with E-state index in [1.807, 2.05) is 0 Å². The van der Waals surface area contributed by atoms with Gasteiger partial charge in [0.25, 0.3) is 0 Å². The predicted molar refractivity (Wildman–Crippen MR) is 143 cm³/mol. The van der Waals surface area contributed by atoms with Gasteiger partial charge in [-0.3, -0.25) is 15.1 Å². The van der Waals surface area contributed by atoms with Gasteiger partial charge in [0.2, 0.25) is 5.89 Å². The highest BCUT2D eigenvalue weighted by atomic mass is 19.1. The van der Waals surface area contributed by atoms with Gasteiger partial charge in [0, 0.05) is 35.5 Å². The molecule has 0 saturated heterocycles. The molecule has 1 aromatic carbocycles. The third-order valence-corrected chi connectivity index (χ3v) is 5.44. The lowest BCUT2D eigenvalue weighted by molar-refractivity contribution is -0.140. The summed E-state index contributed by atoms with van der Waals surface area (Å²) in [5.74, 6) is -0.627. The number of rotatable bonds is 9. The summed E-state index contributed by atoms with van der Waals surface area (Å²) < 4.78 is 34.9. The number of amides is 2. The average Bonchev–Trinajstić information content (AvgIpc) is 3.37. The lowest BCUT2D eigenvalue weighted by Gasteiger charge is -2.22. The predicted octanol–water partition coefficient (Wildman–Crippen LogP) is 4.55. The van der Waals surface area contributed by atoms with Crippen LogP contribution in [0.25, 0.3) is 11.3 Å². The molecule has 0 fully saturated rings. The first kappa shape index (κ1) is 29.9. The van der Waals surface area contributed by atoms with Crippen molar-refractivity contribution in [2.75, 3.05) is 25.3 Å². The molecule has 13 heteroatoms. The SMILES string of the molecule is COC(=O)CCc1nc(CC(NC(=O)OC(C)(C)C)c2ncc(-c3ccc(NC(=O)OC)cc3N)o2)ccc1F. The number of anilines is 2. The topological polar surface area (TPSA) is 168 Å². The highest BCUT2D eigenvalue weighted by Gasteiger charge is 2.26. The Labute approximate surface area is 230 Å². The fraction of sp³-hybridized carbons (Fsp3) is 0.370. The minimum atomic E-state index is -0.850. The first-order valence-corrected chi connectivity index (χ1v) is 12.3. The zero-order chi connectivity index (χ0) is 29.4. The van der Waals surface area contributed by atoms with Gasteiger partial charge in [-0.15, -0.1) is 0 Å². The maximum atomic E-state index is 14.4. The molecule has 2 amide bonds. The number of nitrogens with two attached hydrogens (primary N) is 1. The highest BCUT2D eigenvalue weighted by Crippen LogP contribution is 2.31. The van der Waals surface area contributed by atoms with E-state index < -0.39 is 35.6 Å². The molecule has 3 rings (SSSR count). The van der Waals surface area contributed by atoms with Crippen LogP contribution >= 0.6 is 0 Å². The van der Waals surface area contributed by atoms with Crippen LogP contribution < -0.4 is 16.4 Å². The monoisotopic (exact) mass is 557 g/mol. The summed E-state index contributed by atoms with van der Waals surface area (Å²) in [5, 5.41) is 5.25. The number of oxazole rings is 1.